The van der Waals surface area contributed by atoms with Crippen LogP contribution in [-0.4, -0.2) is 39.3 Å². The van der Waals surface area contributed by atoms with Crippen LogP contribution in [0.25, 0.3) is 0 Å². The molecule has 0 aromatic carbocycles. The Morgan fingerprint density at radius 3 is 2.40 bits per heavy atom. The molecule has 0 aliphatic carbocycles. The van der Waals surface area contributed by atoms with Gasteiger partial charge in [0.1, 0.15) is 6.34 Å². The molecular formula is C9H16Cl3N3. The summed E-state index contributed by atoms with van der Waals surface area (Å²) in [6.45, 7) is 7.79. The predicted molar refractivity (Wildman–Crippen MR) is 66.5 cm³/mol. The molecule has 0 saturated carbocycles. The van der Waals surface area contributed by atoms with Gasteiger partial charge in [0.25, 0.3) is 0 Å². The quantitative estimate of drug-likeness (QED) is 0.736. The number of nitrogens with zero attached hydrogens (tertiary/aromatic N) is 3. The fourth-order valence-corrected chi connectivity index (χ4v) is 2.32. The minimum Gasteiger partial charge on any atom is -0.336 e. The average molecular weight is 273 g/mol. The molecule has 3 nitrogen and oxygen atoms in total. The van der Waals surface area contributed by atoms with E-state index in [1.165, 1.54) is 0 Å². The highest BCUT2D eigenvalue weighted by Crippen LogP contribution is 2.37. The van der Waals surface area contributed by atoms with E-state index in [1.54, 1.807) is 11.3 Å². The van der Waals surface area contributed by atoms with Crippen LogP contribution >= 0.6 is 34.8 Å². The van der Waals surface area contributed by atoms with Gasteiger partial charge in [-0.1, -0.05) is 48.7 Å². The van der Waals surface area contributed by atoms with E-state index in [1.807, 2.05) is 11.8 Å². The van der Waals surface area contributed by atoms with Crippen LogP contribution in [-0.2, 0) is 0 Å². The molecule has 0 amide bonds. The van der Waals surface area contributed by atoms with Crippen molar-refractivity contribution in [1.29, 1.82) is 0 Å². The van der Waals surface area contributed by atoms with Gasteiger partial charge in [-0.15, -0.1) is 0 Å². The van der Waals surface area contributed by atoms with Gasteiger partial charge in [-0.3, -0.25) is 5.01 Å². The SMILES string of the molecule is CCN1N=CN(CC(C)C)C1C(Cl)(Cl)Cl. The lowest BCUT2D eigenvalue weighted by molar-refractivity contribution is 0.132. The number of rotatable bonds is 3. The third-order valence-corrected chi connectivity index (χ3v) is 2.72. The van der Waals surface area contributed by atoms with Crippen molar-refractivity contribution in [3.05, 3.63) is 0 Å². The topological polar surface area (TPSA) is 18.8 Å². The second-order valence-corrected chi connectivity index (χ2v) is 6.36. The first-order chi connectivity index (χ1) is 6.86. The van der Waals surface area contributed by atoms with Gasteiger partial charge in [-0.25, -0.2) is 0 Å². The van der Waals surface area contributed by atoms with Crippen molar-refractivity contribution in [1.82, 2.24) is 9.91 Å². The standard InChI is InChI=1S/C9H16Cl3N3/c1-4-15-8(9(10,11)12)14(6-13-15)5-7(2)3/h6-8H,4-5H2,1-3H3. The third-order valence-electron chi connectivity index (χ3n) is 2.14. The Hall–Kier alpha value is 0.140. The Bertz CT molecular complexity index is 237. The fraction of sp³-hybridized carbons (Fsp3) is 0.889. The second-order valence-electron chi connectivity index (χ2n) is 3.99. The Balaban J connectivity index is 2.76. The summed E-state index contributed by atoms with van der Waals surface area (Å²) in [5.41, 5.74) is 0. The fourth-order valence-electron chi connectivity index (χ4n) is 1.61. The van der Waals surface area contributed by atoms with E-state index < -0.39 is 3.79 Å². The summed E-state index contributed by atoms with van der Waals surface area (Å²) in [7, 11) is 0. The normalized spacial score (nSPS) is 21.9. The smallest absolute Gasteiger partial charge is 0.230 e. The molecule has 6 heteroatoms. The average Bonchev–Trinajstić information content (AvgIpc) is 2.45. The van der Waals surface area contributed by atoms with Crippen molar-refractivity contribution < 1.29 is 0 Å². The molecule has 0 radical (unpaired) electrons. The molecule has 0 aromatic heterocycles. The summed E-state index contributed by atoms with van der Waals surface area (Å²) in [4.78, 5) is 1.97. The van der Waals surface area contributed by atoms with Gasteiger partial charge >= 0.3 is 0 Å². The molecule has 0 fully saturated rings. The summed E-state index contributed by atoms with van der Waals surface area (Å²) >= 11 is 17.9. The lowest BCUT2D eigenvalue weighted by Crippen LogP contribution is -2.49. The second kappa shape index (κ2) is 4.98. The lowest BCUT2D eigenvalue weighted by Gasteiger charge is -2.35. The summed E-state index contributed by atoms with van der Waals surface area (Å²) in [6.07, 6.45) is 1.45. The lowest BCUT2D eigenvalue weighted by atomic mass is 10.2. The summed E-state index contributed by atoms with van der Waals surface area (Å²) in [5, 5.41) is 6.00. The Kier molecular flexibility index (Phi) is 4.38. The van der Waals surface area contributed by atoms with Crippen LogP contribution in [0, 0.1) is 5.92 Å². The Labute approximate surface area is 106 Å². The van der Waals surface area contributed by atoms with Crippen molar-refractivity contribution in [3.63, 3.8) is 0 Å². The molecule has 88 valence electrons. The van der Waals surface area contributed by atoms with Crippen molar-refractivity contribution in [2.24, 2.45) is 11.0 Å². The van der Waals surface area contributed by atoms with Gasteiger partial charge < -0.3 is 4.90 Å². The van der Waals surface area contributed by atoms with E-state index in [9.17, 15) is 0 Å². The van der Waals surface area contributed by atoms with Crippen molar-refractivity contribution in [2.45, 2.75) is 30.7 Å². The first kappa shape index (κ1) is 13.2. The molecular weight excluding hydrogens is 256 g/mol. The molecule has 0 spiro atoms. The van der Waals surface area contributed by atoms with Crippen LogP contribution in [0.3, 0.4) is 0 Å². The molecule has 1 heterocycles. The highest BCUT2D eigenvalue weighted by molar-refractivity contribution is 6.68. The number of alkyl halides is 3. The first-order valence-electron chi connectivity index (χ1n) is 4.99. The Morgan fingerprint density at radius 2 is 2.00 bits per heavy atom. The molecule has 1 rings (SSSR count). The number of hydrogen-bond donors (Lipinski definition) is 0. The maximum absolute atomic E-state index is 5.96. The molecule has 15 heavy (non-hydrogen) atoms. The van der Waals surface area contributed by atoms with Crippen molar-refractivity contribution >= 4 is 41.1 Å². The van der Waals surface area contributed by atoms with Gasteiger partial charge in [0.05, 0.1) is 0 Å². The van der Waals surface area contributed by atoms with E-state index in [4.69, 9.17) is 34.8 Å². The molecule has 0 bridgehead atoms. The van der Waals surface area contributed by atoms with Crippen LogP contribution in [0.1, 0.15) is 20.8 Å². The predicted octanol–water partition coefficient (Wildman–Crippen LogP) is 2.92. The van der Waals surface area contributed by atoms with Gasteiger partial charge in [0.15, 0.2) is 6.17 Å². The van der Waals surface area contributed by atoms with Gasteiger partial charge in [-0.05, 0) is 12.8 Å². The van der Waals surface area contributed by atoms with Gasteiger partial charge in [-0.2, -0.15) is 5.10 Å². The number of hydrazone groups is 1. The van der Waals surface area contributed by atoms with E-state index >= 15 is 0 Å². The molecule has 1 atom stereocenters. The zero-order valence-corrected chi connectivity index (χ0v) is 11.4. The monoisotopic (exact) mass is 271 g/mol. The molecule has 1 unspecified atom stereocenters. The van der Waals surface area contributed by atoms with Crippen LogP contribution < -0.4 is 0 Å². The van der Waals surface area contributed by atoms with Crippen LogP contribution in [0.15, 0.2) is 5.10 Å². The molecule has 0 N–H and O–H groups in total. The van der Waals surface area contributed by atoms with Crippen LogP contribution in [0.2, 0.25) is 0 Å². The zero-order valence-electron chi connectivity index (χ0n) is 9.12. The summed E-state index contributed by atoms with van der Waals surface area (Å²) in [6, 6.07) is 0. The summed E-state index contributed by atoms with van der Waals surface area (Å²) < 4.78 is -1.35. The maximum atomic E-state index is 5.96. The zero-order chi connectivity index (χ0) is 11.6. The van der Waals surface area contributed by atoms with E-state index in [0.29, 0.717) is 5.92 Å². The molecule has 0 saturated heterocycles. The van der Waals surface area contributed by atoms with E-state index in [0.717, 1.165) is 13.1 Å². The molecule has 1 aliphatic rings. The third kappa shape index (κ3) is 3.30. The maximum Gasteiger partial charge on any atom is 0.230 e. The first-order valence-corrected chi connectivity index (χ1v) is 6.12. The highest BCUT2D eigenvalue weighted by atomic mass is 35.6. The number of hydrogen-bond acceptors (Lipinski definition) is 3. The van der Waals surface area contributed by atoms with E-state index in [-0.39, 0.29) is 6.17 Å². The van der Waals surface area contributed by atoms with E-state index in [2.05, 4.69) is 18.9 Å². The van der Waals surface area contributed by atoms with Crippen LogP contribution in [0.5, 0.6) is 0 Å². The van der Waals surface area contributed by atoms with Crippen molar-refractivity contribution in [3.8, 4) is 0 Å². The molecule has 0 aromatic rings. The largest absolute Gasteiger partial charge is 0.336 e. The highest BCUT2D eigenvalue weighted by Gasteiger charge is 2.43. The summed E-state index contributed by atoms with van der Waals surface area (Å²) in [5.74, 6) is 0.503. The Morgan fingerprint density at radius 1 is 1.40 bits per heavy atom. The van der Waals surface area contributed by atoms with Crippen molar-refractivity contribution in [2.75, 3.05) is 13.1 Å². The number of halogens is 3. The molecule has 1 aliphatic heterocycles. The van der Waals surface area contributed by atoms with Gasteiger partial charge in [0, 0.05) is 13.1 Å². The van der Waals surface area contributed by atoms with Crippen LogP contribution in [0.4, 0.5) is 0 Å². The van der Waals surface area contributed by atoms with Gasteiger partial charge in [0.2, 0.25) is 3.79 Å². The minimum absolute atomic E-state index is 0.296. The minimum atomic E-state index is -1.35.